The maximum Gasteiger partial charge on any atom is 0.216 e. The highest BCUT2D eigenvalue weighted by atomic mass is 127. The van der Waals surface area contributed by atoms with E-state index in [1.165, 1.54) is 5.56 Å². The predicted molar refractivity (Wildman–Crippen MR) is 138 cm³/mol. The van der Waals surface area contributed by atoms with Gasteiger partial charge < -0.3 is 24.5 Å². The number of benzene rings is 1. The first kappa shape index (κ1) is 26.4. The number of aliphatic imine (C=N–C) groups is 1. The van der Waals surface area contributed by atoms with Crippen LogP contribution in [0.4, 0.5) is 0 Å². The number of nitrogens with zero attached hydrogens (tertiary/aromatic N) is 2. The first-order chi connectivity index (χ1) is 14.9. The maximum absolute atomic E-state index is 5.88. The van der Waals surface area contributed by atoms with E-state index in [0.29, 0.717) is 12.4 Å². The van der Waals surface area contributed by atoms with Crippen molar-refractivity contribution in [1.82, 2.24) is 15.6 Å². The highest BCUT2D eigenvalue weighted by Gasteiger charge is 2.34. The Bertz CT molecular complexity index is 853. The van der Waals surface area contributed by atoms with Crippen molar-refractivity contribution in [1.29, 1.82) is 0 Å². The number of aromatic nitrogens is 1. The summed E-state index contributed by atoms with van der Waals surface area (Å²) in [6.07, 6.45) is 3.72. The first-order valence-electron chi connectivity index (χ1n) is 11.1. The number of rotatable bonds is 7. The Morgan fingerprint density at radius 1 is 1.16 bits per heavy atom. The molecule has 1 aromatic carbocycles. The molecule has 0 amide bonds. The van der Waals surface area contributed by atoms with Gasteiger partial charge in [-0.25, -0.2) is 9.98 Å². The molecule has 0 bridgehead atoms. The van der Waals surface area contributed by atoms with E-state index in [0.717, 1.165) is 56.6 Å². The summed E-state index contributed by atoms with van der Waals surface area (Å²) in [5, 5.41) is 6.88. The van der Waals surface area contributed by atoms with E-state index in [2.05, 4.69) is 55.4 Å². The average Bonchev–Trinajstić information content (AvgIpc) is 3.26. The second kappa shape index (κ2) is 11.9. The van der Waals surface area contributed by atoms with Crippen molar-refractivity contribution in [3.05, 3.63) is 47.7 Å². The largest absolute Gasteiger partial charge is 0.497 e. The van der Waals surface area contributed by atoms with Gasteiger partial charge in [0.05, 0.1) is 13.3 Å². The number of guanidine groups is 1. The van der Waals surface area contributed by atoms with Crippen LogP contribution < -0.4 is 15.4 Å². The van der Waals surface area contributed by atoms with Crippen LogP contribution in [0.2, 0.25) is 0 Å². The lowest BCUT2D eigenvalue weighted by atomic mass is 9.74. The fourth-order valence-electron chi connectivity index (χ4n) is 3.75. The Morgan fingerprint density at radius 2 is 1.84 bits per heavy atom. The summed E-state index contributed by atoms with van der Waals surface area (Å²) in [5.74, 6) is 3.13. The molecule has 0 spiro atoms. The minimum atomic E-state index is -0.0640. The van der Waals surface area contributed by atoms with Gasteiger partial charge in [0, 0.05) is 37.1 Å². The van der Waals surface area contributed by atoms with Gasteiger partial charge in [-0.15, -0.1) is 24.0 Å². The molecule has 1 aromatic heterocycles. The Morgan fingerprint density at radius 3 is 2.41 bits per heavy atom. The smallest absolute Gasteiger partial charge is 0.216 e. The molecule has 2 aromatic rings. The van der Waals surface area contributed by atoms with E-state index in [9.17, 15) is 0 Å². The van der Waals surface area contributed by atoms with Gasteiger partial charge >= 0.3 is 0 Å². The number of halogens is 1. The molecule has 1 aliphatic heterocycles. The molecule has 8 heteroatoms. The lowest BCUT2D eigenvalue weighted by Crippen LogP contribution is -2.48. The third-order valence-electron chi connectivity index (χ3n) is 5.76. The number of hydrogen-bond acceptors (Lipinski definition) is 5. The molecule has 0 aliphatic carbocycles. The molecule has 3 rings (SSSR count). The molecule has 1 fully saturated rings. The van der Waals surface area contributed by atoms with Gasteiger partial charge in [0.2, 0.25) is 5.89 Å². The zero-order valence-electron chi connectivity index (χ0n) is 19.9. The van der Waals surface area contributed by atoms with Crippen molar-refractivity contribution < 1.29 is 13.9 Å². The van der Waals surface area contributed by atoms with Gasteiger partial charge in [0.1, 0.15) is 18.1 Å². The van der Waals surface area contributed by atoms with Crippen molar-refractivity contribution >= 4 is 29.9 Å². The lowest BCUT2D eigenvalue weighted by Gasteiger charge is -2.38. The van der Waals surface area contributed by atoms with Crippen LogP contribution in [0, 0.1) is 0 Å². The molecule has 7 nitrogen and oxygen atoms in total. The predicted octanol–water partition coefficient (Wildman–Crippen LogP) is 4.40. The van der Waals surface area contributed by atoms with Crippen molar-refractivity contribution in [2.75, 3.05) is 33.4 Å². The normalized spacial score (nSPS) is 16.2. The van der Waals surface area contributed by atoms with Gasteiger partial charge in [-0.05, 0) is 37.5 Å². The van der Waals surface area contributed by atoms with Crippen LogP contribution >= 0.6 is 24.0 Å². The summed E-state index contributed by atoms with van der Waals surface area (Å²) in [6, 6.07) is 8.38. The number of nitrogens with one attached hydrogen (secondary N) is 2. The molecule has 1 saturated heterocycles. The van der Waals surface area contributed by atoms with Crippen LogP contribution in [0.5, 0.6) is 5.75 Å². The Balaban J connectivity index is 0.00000363. The van der Waals surface area contributed by atoms with E-state index >= 15 is 0 Å². The monoisotopic (exact) mass is 556 g/mol. The highest BCUT2D eigenvalue weighted by Crippen LogP contribution is 2.35. The molecular formula is C24H37IN4O3. The third kappa shape index (κ3) is 6.84. The van der Waals surface area contributed by atoms with E-state index in [-0.39, 0.29) is 34.8 Å². The molecule has 1 aliphatic rings. The van der Waals surface area contributed by atoms with Crippen LogP contribution in [-0.2, 0) is 22.1 Å². The topological polar surface area (TPSA) is 80.9 Å². The average molecular weight is 556 g/mol. The molecule has 0 saturated carbocycles. The Kier molecular flexibility index (Phi) is 9.82. The summed E-state index contributed by atoms with van der Waals surface area (Å²) in [5.41, 5.74) is 1.22. The minimum absolute atomic E-state index is 0. The summed E-state index contributed by atoms with van der Waals surface area (Å²) >= 11 is 0. The fourth-order valence-corrected chi connectivity index (χ4v) is 3.75. The number of oxazole rings is 1. The molecule has 2 N–H and O–H groups in total. The lowest BCUT2D eigenvalue weighted by molar-refractivity contribution is 0.0513. The third-order valence-corrected chi connectivity index (χ3v) is 5.76. The Labute approximate surface area is 208 Å². The summed E-state index contributed by atoms with van der Waals surface area (Å²) < 4.78 is 16.9. The van der Waals surface area contributed by atoms with Crippen LogP contribution in [0.15, 0.2) is 39.9 Å². The van der Waals surface area contributed by atoms with Crippen molar-refractivity contribution in [2.24, 2.45) is 4.99 Å². The molecule has 0 atom stereocenters. The summed E-state index contributed by atoms with van der Waals surface area (Å²) in [7, 11) is 1.69. The van der Waals surface area contributed by atoms with Crippen LogP contribution in [-0.4, -0.2) is 44.4 Å². The molecule has 0 unspecified atom stereocenters. The summed E-state index contributed by atoms with van der Waals surface area (Å²) in [6.45, 7) is 11.9. The van der Waals surface area contributed by atoms with Crippen LogP contribution in [0.25, 0.3) is 0 Å². The van der Waals surface area contributed by atoms with E-state index in [4.69, 9.17) is 18.9 Å². The molecule has 178 valence electrons. The van der Waals surface area contributed by atoms with Gasteiger partial charge in [-0.3, -0.25) is 0 Å². The number of ether oxygens (including phenoxy) is 2. The molecule has 2 heterocycles. The fraction of sp³-hybridized carbons (Fsp3) is 0.583. The van der Waals surface area contributed by atoms with Gasteiger partial charge in [0.25, 0.3) is 0 Å². The van der Waals surface area contributed by atoms with Crippen molar-refractivity contribution in [3.8, 4) is 5.75 Å². The van der Waals surface area contributed by atoms with Crippen LogP contribution in [0.3, 0.4) is 0 Å². The summed E-state index contributed by atoms with van der Waals surface area (Å²) in [4.78, 5) is 9.09. The van der Waals surface area contributed by atoms with Crippen molar-refractivity contribution in [2.45, 2.75) is 57.9 Å². The second-order valence-electron chi connectivity index (χ2n) is 9.04. The molecule has 0 radical (unpaired) electrons. The quantitative estimate of drug-likeness (QED) is 0.299. The highest BCUT2D eigenvalue weighted by molar-refractivity contribution is 14.0. The van der Waals surface area contributed by atoms with E-state index in [1.54, 1.807) is 13.3 Å². The van der Waals surface area contributed by atoms with Gasteiger partial charge in [-0.1, -0.05) is 32.9 Å². The van der Waals surface area contributed by atoms with E-state index < -0.39 is 0 Å². The van der Waals surface area contributed by atoms with E-state index in [1.807, 2.05) is 12.1 Å². The maximum atomic E-state index is 5.88. The number of methoxy groups -OCH3 is 1. The van der Waals surface area contributed by atoms with Crippen LogP contribution in [0.1, 0.15) is 57.8 Å². The standard InChI is InChI=1S/C24H36N4O3.HI/c1-6-25-22(27-16-21-26-15-20(31-21)23(2,3)4)28-17-24(11-13-30-14-12-24)18-7-9-19(29-5)10-8-18;/h7-10,15H,6,11-14,16-17H2,1-5H3,(H2,25,27,28);1H. The van der Waals surface area contributed by atoms with Gasteiger partial charge in [0.15, 0.2) is 5.96 Å². The Hall–Kier alpha value is -1.81. The number of hydrogen-bond donors (Lipinski definition) is 2. The SMILES string of the molecule is CCNC(=NCc1ncc(C(C)(C)C)o1)NCC1(c2ccc(OC)cc2)CCOCC1.I. The molecular weight excluding hydrogens is 519 g/mol. The first-order valence-corrected chi connectivity index (χ1v) is 11.1. The second-order valence-corrected chi connectivity index (χ2v) is 9.04. The zero-order valence-corrected chi connectivity index (χ0v) is 22.2. The molecule has 32 heavy (non-hydrogen) atoms. The minimum Gasteiger partial charge on any atom is -0.497 e. The zero-order chi connectivity index (χ0) is 22.3. The van der Waals surface area contributed by atoms with Crippen molar-refractivity contribution in [3.63, 3.8) is 0 Å². The van der Waals surface area contributed by atoms with Gasteiger partial charge in [-0.2, -0.15) is 0 Å².